The van der Waals surface area contributed by atoms with E-state index in [0.717, 1.165) is 0 Å². The van der Waals surface area contributed by atoms with Crippen LogP contribution >= 0.6 is 11.8 Å². The van der Waals surface area contributed by atoms with Crippen LogP contribution < -0.4 is 0 Å². The van der Waals surface area contributed by atoms with E-state index in [1.165, 1.54) is 211 Å². The fourth-order valence-corrected chi connectivity index (χ4v) is 6.37. The highest BCUT2D eigenvalue weighted by Gasteiger charge is 1.97. The summed E-state index contributed by atoms with van der Waals surface area (Å²) < 4.78 is 0. The molecule has 0 aliphatic rings. The molecule has 1 radical (unpaired) electrons. The molecular formula is C36H73S. The third kappa shape index (κ3) is 36.4. The molecule has 0 nitrogen and oxygen atoms in total. The summed E-state index contributed by atoms with van der Waals surface area (Å²) in [7, 11) is 0. The van der Waals surface area contributed by atoms with E-state index in [4.69, 9.17) is 0 Å². The molecule has 0 amide bonds. The molecule has 0 saturated heterocycles. The lowest BCUT2D eigenvalue weighted by atomic mass is 10.0. The average molecular weight is 538 g/mol. The van der Waals surface area contributed by atoms with Crippen LogP contribution in [0.1, 0.15) is 219 Å². The van der Waals surface area contributed by atoms with Gasteiger partial charge in [0.15, 0.2) is 0 Å². The van der Waals surface area contributed by atoms with E-state index in [2.05, 4.69) is 31.4 Å². The van der Waals surface area contributed by atoms with Gasteiger partial charge in [-0.3, -0.25) is 0 Å². The Bertz CT molecular complexity index is 332. The summed E-state index contributed by atoms with van der Waals surface area (Å²) >= 11 is 2.10. The van der Waals surface area contributed by atoms with Crippen molar-refractivity contribution in [1.29, 1.82) is 0 Å². The zero-order chi connectivity index (χ0) is 26.7. The summed E-state index contributed by atoms with van der Waals surface area (Å²) in [5.74, 6) is 3.86. The van der Waals surface area contributed by atoms with E-state index in [1.807, 2.05) is 0 Å². The van der Waals surface area contributed by atoms with Crippen LogP contribution in [0.25, 0.3) is 0 Å². The first-order valence-electron chi connectivity index (χ1n) is 17.8. The second-order valence-corrected chi connectivity index (χ2v) is 13.2. The molecular weight excluding hydrogens is 464 g/mol. The van der Waals surface area contributed by atoms with Gasteiger partial charge < -0.3 is 0 Å². The molecule has 0 aromatic heterocycles. The predicted molar refractivity (Wildman–Crippen MR) is 176 cm³/mol. The Morgan fingerprint density at radius 3 is 0.838 bits per heavy atom. The largest absolute Gasteiger partial charge is 0.157 e. The van der Waals surface area contributed by atoms with E-state index in [9.17, 15) is 0 Å². The summed E-state index contributed by atoms with van der Waals surface area (Å²) in [6, 6.07) is 0. The summed E-state index contributed by atoms with van der Waals surface area (Å²) in [5.41, 5.74) is 0. The van der Waals surface area contributed by atoms with Crippen molar-refractivity contribution in [3.05, 3.63) is 5.75 Å². The molecule has 0 saturated carbocycles. The van der Waals surface area contributed by atoms with Crippen molar-refractivity contribution in [2.24, 2.45) is 0 Å². The standard InChI is InChI=1S/C36H73S/c1-3-5-7-9-11-13-15-16-17-18-19-20-21-22-23-24-25-26-28-30-32-34-36-37-35-33-31-29-27-14-12-10-8-6-4-2/h36H,3-35H2,1-2H3. The zero-order valence-electron chi connectivity index (χ0n) is 26.3. The zero-order valence-corrected chi connectivity index (χ0v) is 27.1. The minimum atomic E-state index is 1.33. The van der Waals surface area contributed by atoms with E-state index < -0.39 is 0 Å². The first-order chi connectivity index (χ1) is 18.4. The molecule has 0 aromatic carbocycles. The van der Waals surface area contributed by atoms with Gasteiger partial charge in [0.1, 0.15) is 0 Å². The maximum absolute atomic E-state index is 2.50. The van der Waals surface area contributed by atoms with Gasteiger partial charge in [-0.25, -0.2) is 0 Å². The van der Waals surface area contributed by atoms with Gasteiger partial charge in [-0.15, -0.1) is 0 Å². The lowest BCUT2D eigenvalue weighted by Crippen LogP contribution is -1.85. The van der Waals surface area contributed by atoms with Gasteiger partial charge in [0.25, 0.3) is 0 Å². The van der Waals surface area contributed by atoms with Crippen LogP contribution in [0.4, 0.5) is 0 Å². The van der Waals surface area contributed by atoms with Crippen molar-refractivity contribution in [3.63, 3.8) is 0 Å². The number of hydrogen-bond donors (Lipinski definition) is 0. The molecule has 0 aliphatic heterocycles. The smallest absolute Gasteiger partial charge is 0.0166 e. The van der Waals surface area contributed by atoms with Crippen molar-refractivity contribution in [3.8, 4) is 0 Å². The Balaban J connectivity index is 3.00. The SMILES string of the molecule is CCCCCCCCCCCCCCCCCCCCCCC[CH]SCCCCCCCCCCCC. The minimum Gasteiger partial charge on any atom is -0.157 e. The van der Waals surface area contributed by atoms with E-state index >= 15 is 0 Å². The van der Waals surface area contributed by atoms with Gasteiger partial charge in [0, 0.05) is 5.75 Å². The van der Waals surface area contributed by atoms with Gasteiger partial charge >= 0.3 is 0 Å². The Morgan fingerprint density at radius 1 is 0.297 bits per heavy atom. The minimum absolute atomic E-state index is 1.33. The maximum Gasteiger partial charge on any atom is 0.0166 e. The van der Waals surface area contributed by atoms with Gasteiger partial charge in [-0.1, -0.05) is 206 Å². The number of hydrogen-bond acceptors (Lipinski definition) is 1. The van der Waals surface area contributed by atoms with Gasteiger partial charge in [-0.05, 0) is 18.6 Å². The molecule has 0 N–H and O–H groups in total. The normalized spacial score (nSPS) is 11.5. The van der Waals surface area contributed by atoms with Crippen LogP contribution in [0.5, 0.6) is 0 Å². The summed E-state index contributed by atoms with van der Waals surface area (Å²) in [5, 5.41) is 0. The number of unbranched alkanes of at least 4 members (excludes halogenated alkanes) is 30. The first-order valence-corrected chi connectivity index (χ1v) is 18.9. The van der Waals surface area contributed by atoms with Crippen LogP contribution in [0.15, 0.2) is 0 Å². The van der Waals surface area contributed by atoms with E-state index in [0.29, 0.717) is 0 Å². The lowest BCUT2D eigenvalue weighted by molar-refractivity contribution is 0.520. The van der Waals surface area contributed by atoms with E-state index in [1.54, 1.807) is 0 Å². The quantitative estimate of drug-likeness (QED) is 0.0735. The van der Waals surface area contributed by atoms with Crippen molar-refractivity contribution < 1.29 is 0 Å². The second kappa shape index (κ2) is 36.4. The molecule has 0 aromatic rings. The average Bonchev–Trinajstić information content (AvgIpc) is 2.91. The summed E-state index contributed by atoms with van der Waals surface area (Å²) in [6.07, 6.45) is 46.8. The third-order valence-electron chi connectivity index (χ3n) is 8.16. The highest BCUT2D eigenvalue weighted by atomic mass is 32.2. The van der Waals surface area contributed by atoms with Crippen LogP contribution in [0.2, 0.25) is 0 Å². The molecule has 0 aliphatic carbocycles. The van der Waals surface area contributed by atoms with Gasteiger partial charge in [0.05, 0.1) is 0 Å². The third-order valence-corrected chi connectivity index (χ3v) is 9.15. The topological polar surface area (TPSA) is 0 Å². The Morgan fingerprint density at radius 2 is 0.541 bits per heavy atom. The Labute approximate surface area is 242 Å². The molecule has 0 atom stereocenters. The highest BCUT2D eigenvalue weighted by Crippen LogP contribution is 2.18. The maximum atomic E-state index is 2.50. The monoisotopic (exact) mass is 538 g/mol. The van der Waals surface area contributed by atoms with Crippen molar-refractivity contribution in [2.45, 2.75) is 219 Å². The van der Waals surface area contributed by atoms with Crippen molar-refractivity contribution in [1.82, 2.24) is 0 Å². The molecule has 37 heavy (non-hydrogen) atoms. The van der Waals surface area contributed by atoms with Crippen LogP contribution in [0, 0.1) is 5.75 Å². The number of rotatable bonds is 34. The van der Waals surface area contributed by atoms with Gasteiger partial charge in [-0.2, -0.15) is 11.8 Å². The van der Waals surface area contributed by atoms with Crippen molar-refractivity contribution >= 4 is 11.8 Å². The molecule has 0 fully saturated rings. The fourth-order valence-electron chi connectivity index (χ4n) is 5.50. The van der Waals surface area contributed by atoms with Crippen LogP contribution in [0.3, 0.4) is 0 Å². The predicted octanol–water partition coefficient (Wildman–Crippen LogP) is 14.4. The van der Waals surface area contributed by atoms with Crippen molar-refractivity contribution in [2.75, 3.05) is 5.75 Å². The molecule has 223 valence electrons. The number of thioether (sulfide) groups is 1. The summed E-state index contributed by atoms with van der Waals surface area (Å²) in [4.78, 5) is 0. The van der Waals surface area contributed by atoms with Crippen LogP contribution in [-0.2, 0) is 0 Å². The second-order valence-electron chi connectivity index (χ2n) is 12.1. The van der Waals surface area contributed by atoms with Gasteiger partial charge in [0.2, 0.25) is 0 Å². The lowest BCUT2D eigenvalue weighted by Gasteiger charge is -2.04. The fraction of sp³-hybridized carbons (Fsp3) is 0.972. The Hall–Kier alpha value is 0.350. The first kappa shape index (κ1) is 37.4. The molecule has 0 unspecified atom stereocenters. The molecule has 1 heteroatoms. The Kier molecular flexibility index (Phi) is 36.7. The summed E-state index contributed by atoms with van der Waals surface area (Å²) in [6.45, 7) is 4.61. The van der Waals surface area contributed by atoms with Crippen LogP contribution in [-0.4, -0.2) is 5.75 Å². The molecule has 0 heterocycles. The molecule has 0 spiro atoms. The van der Waals surface area contributed by atoms with E-state index in [-0.39, 0.29) is 0 Å². The highest BCUT2D eigenvalue weighted by molar-refractivity contribution is 8.01. The molecule has 0 rings (SSSR count). The molecule has 0 bridgehead atoms.